The third-order valence-corrected chi connectivity index (χ3v) is 3.12. The molecule has 0 aromatic rings. The maximum absolute atomic E-state index is 5.98. The fourth-order valence-corrected chi connectivity index (χ4v) is 1.65. The highest BCUT2D eigenvalue weighted by Gasteiger charge is 2.16. The number of rotatable bonds is 7. The number of aliphatic imine (C=N–C) groups is 1. The lowest BCUT2D eigenvalue weighted by Gasteiger charge is -2.21. The minimum absolute atomic E-state index is 0.00681. The van der Waals surface area contributed by atoms with Gasteiger partial charge in [0, 0.05) is 11.5 Å². The van der Waals surface area contributed by atoms with Crippen molar-refractivity contribution >= 4 is 5.84 Å². The number of amidine groups is 1. The van der Waals surface area contributed by atoms with E-state index in [-0.39, 0.29) is 5.41 Å². The summed E-state index contributed by atoms with van der Waals surface area (Å²) in [5.74, 6) is 0.771. The molecule has 3 nitrogen and oxygen atoms in total. The zero-order valence-electron chi connectivity index (χ0n) is 12.6. The van der Waals surface area contributed by atoms with E-state index in [1.165, 1.54) is 13.0 Å². The average molecular weight is 241 g/mol. The molecule has 1 atom stereocenters. The standard InChI is InChI=1S/C14H31N3/c1-7-17(8-2)11-9-10-12(3)16-13(15)14(4,5)6/h12H,7-11H2,1-6H3,(H2,15,16). The van der Waals surface area contributed by atoms with E-state index in [2.05, 4.69) is 51.4 Å². The van der Waals surface area contributed by atoms with Crippen molar-refractivity contribution in [1.29, 1.82) is 0 Å². The quantitative estimate of drug-likeness (QED) is 0.550. The normalized spacial score (nSPS) is 15.4. The van der Waals surface area contributed by atoms with Gasteiger partial charge in [0.2, 0.25) is 0 Å². The summed E-state index contributed by atoms with van der Waals surface area (Å²) >= 11 is 0. The largest absolute Gasteiger partial charge is 0.387 e. The van der Waals surface area contributed by atoms with Crippen LogP contribution in [0.2, 0.25) is 0 Å². The summed E-state index contributed by atoms with van der Waals surface area (Å²) in [7, 11) is 0. The van der Waals surface area contributed by atoms with Crippen molar-refractivity contribution in [2.75, 3.05) is 19.6 Å². The first-order valence-corrected chi connectivity index (χ1v) is 6.87. The Hall–Kier alpha value is -0.570. The van der Waals surface area contributed by atoms with Crippen molar-refractivity contribution in [3.8, 4) is 0 Å². The SMILES string of the molecule is CCN(CC)CCCC(C)N=C(N)C(C)(C)C. The molecule has 0 heterocycles. The minimum atomic E-state index is -0.00681. The molecule has 0 fully saturated rings. The third-order valence-electron chi connectivity index (χ3n) is 3.12. The van der Waals surface area contributed by atoms with Crippen LogP contribution in [0.1, 0.15) is 54.4 Å². The summed E-state index contributed by atoms with van der Waals surface area (Å²) in [6.45, 7) is 16.3. The molecule has 0 spiro atoms. The van der Waals surface area contributed by atoms with Gasteiger partial charge in [0.05, 0.1) is 5.84 Å². The Balaban J connectivity index is 3.99. The summed E-state index contributed by atoms with van der Waals surface area (Å²) in [6, 6.07) is 0.338. The Kier molecular flexibility index (Phi) is 7.44. The average Bonchev–Trinajstić information content (AvgIpc) is 2.23. The lowest BCUT2D eigenvalue weighted by Crippen LogP contribution is -2.30. The van der Waals surface area contributed by atoms with Crippen LogP contribution in [0.25, 0.3) is 0 Å². The number of hydrogen-bond donors (Lipinski definition) is 1. The summed E-state index contributed by atoms with van der Waals surface area (Å²) in [5, 5.41) is 0. The van der Waals surface area contributed by atoms with Gasteiger partial charge >= 0.3 is 0 Å². The zero-order valence-corrected chi connectivity index (χ0v) is 12.6. The fraction of sp³-hybridized carbons (Fsp3) is 0.929. The Morgan fingerprint density at radius 2 is 1.76 bits per heavy atom. The molecule has 0 saturated heterocycles. The Morgan fingerprint density at radius 1 is 1.24 bits per heavy atom. The number of nitrogens with two attached hydrogens (primary N) is 1. The van der Waals surface area contributed by atoms with E-state index >= 15 is 0 Å². The highest BCUT2D eigenvalue weighted by Crippen LogP contribution is 2.14. The van der Waals surface area contributed by atoms with E-state index in [9.17, 15) is 0 Å². The van der Waals surface area contributed by atoms with Gasteiger partial charge in [-0.15, -0.1) is 0 Å². The highest BCUT2D eigenvalue weighted by atomic mass is 15.1. The molecular weight excluding hydrogens is 210 g/mol. The monoisotopic (exact) mass is 241 g/mol. The van der Waals surface area contributed by atoms with Crippen molar-refractivity contribution in [2.45, 2.75) is 60.4 Å². The molecule has 0 amide bonds. The maximum Gasteiger partial charge on any atom is 0.0994 e. The predicted octanol–water partition coefficient (Wildman–Crippen LogP) is 2.90. The predicted molar refractivity (Wildman–Crippen MR) is 77.6 cm³/mol. The molecule has 0 radical (unpaired) electrons. The molecule has 3 heteroatoms. The Labute approximate surface area is 107 Å². The summed E-state index contributed by atoms with van der Waals surface area (Å²) in [5.41, 5.74) is 5.97. The molecule has 0 rings (SSSR count). The van der Waals surface area contributed by atoms with Crippen LogP contribution in [0, 0.1) is 5.41 Å². The first kappa shape index (κ1) is 16.4. The third kappa shape index (κ3) is 7.37. The van der Waals surface area contributed by atoms with Crippen molar-refractivity contribution in [1.82, 2.24) is 4.90 Å². The van der Waals surface area contributed by atoms with Crippen molar-refractivity contribution in [3.05, 3.63) is 0 Å². The molecule has 102 valence electrons. The minimum Gasteiger partial charge on any atom is -0.387 e. The first-order valence-electron chi connectivity index (χ1n) is 6.87. The molecule has 17 heavy (non-hydrogen) atoms. The molecule has 0 bridgehead atoms. The van der Waals surface area contributed by atoms with Crippen molar-refractivity contribution < 1.29 is 0 Å². The van der Waals surface area contributed by atoms with Gasteiger partial charge in [0.25, 0.3) is 0 Å². The van der Waals surface area contributed by atoms with E-state index in [0.717, 1.165) is 25.3 Å². The lowest BCUT2D eigenvalue weighted by atomic mass is 9.95. The fourth-order valence-electron chi connectivity index (χ4n) is 1.65. The second-order valence-electron chi connectivity index (χ2n) is 5.78. The second kappa shape index (κ2) is 7.70. The molecular formula is C14H31N3. The van der Waals surface area contributed by atoms with Gasteiger partial charge in [-0.2, -0.15) is 0 Å². The molecule has 1 unspecified atom stereocenters. The molecule has 2 N–H and O–H groups in total. The van der Waals surface area contributed by atoms with Gasteiger partial charge in [-0.3, -0.25) is 4.99 Å². The van der Waals surface area contributed by atoms with Gasteiger partial charge < -0.3 is 10.6 Å². The van der Waals surface area contributed by atoms with E-state index in [1.807, 2.05) is 0 Å². The Morgan fingerprint density at radius 3 is 2.18 bits per heavy atom. The molecule has 0 aromatic carbocycles. The van der Waals surface area contributed by atoms with Crippen LogP contribution in [0.5, 0.6) is 0 Å². The highest BCUT2D eigenvalue weighted by molar-refractivity contribution is 5.85. The maximum atomic E-state index is 5.98. The molecule has 0 aromatic heterocycles. The van der Waals surface area contributed by atoms with Crippen LogP contribution >= 0.6 is 0 Å². The van der Waals surface area contributed by atoms with Crippen LogP contribution < -0.4 is 5.73 Å². The van der Waals surface area contributed by atoms with E-state index in [0.29, 0.717) is 6.04 Å². The van der Waals surface area contributed by atoms with Crippen LogP contribution in [-0.4, -0.2) is 36.4 Å². The summed E-state index contributed by atoms with van der Waals surface area (Å²) in [4.78, 5) is 7.02. The Bertz CT molecular complexity index is 224. The van der Waals surface area contributed by atoms with Crippen LogP contribution in [0.4, 0.5) is 0 Å². The smallest absolute Gasteiger partial charge is 0.0994 e. The van der Waals surface area contributed by atoms with Crippen LogP contribution in [0.15, 0.2) is 4.99 Å². The second-order valence-corrected chi connectivity index (χ2v) is 5.78. The molecule has 0 aliphatic carbocycles. The van der Waals surface area contributed by atoms with Gasteiger partial charge in [-0.25, -0.2) is 0 Å². The van der Waals surface area contributed by atoms with Gasteiger partial charge in [-0.1, -0.05) is 34.6 Å². The van der Waals surface area contributed by atoms with Crippen LogP contribution in [0.3, 0.4) is 0 Å². The molecule has 0 saturated carbocycles. The number of hydrogen-bond acceptors (Lipinski definition) is 2. The topological polar surface area (TPSA) is 41.6 Å². The van der Waals surface area contributed by atoms with Gasteiger partial charge in [0.15, 0.2) is 0 Å². The zero-order chi connectivity index (χ0) is 13.5. The first-order chi connectivity index (χ1) is 7.81. The van der Waals surface area contributed by atoms with E-state index in [4.69, 9.17) is 5.73 Å². The van der Waals surface area contributed by atoms with Crippen LogP contribution in [-0.2, 0) is 0 Å². The van der Waals surface area contributed by atoms with Crippen molar-refractivity contribution in [2.24, 2.45) is 16.1 Å². The number of nitrogens with zero attached hydrogens (tertiary/aromatic N) is 2. The molecule has 0 aliphatic rings. The van der Waals surface area contributed by atoms with E-state index < -0.39 is 0 Å². The lowest BCUT2D eigenvalue weighted by molar-refractivity contribution is 0.294. The van der Waals surface area contributed by atoms with Gasteiger partial charge in [-0.05, 0) is 39.4 Å². The van der Waals surface area contributed by atoms with Crippen molar-refractivity contribution in [3.63, 3.8) is 0 Å². The summed E-state index contributed by atoms with van der Waals surface area (Å²) < 4.78 is 0. The molecule has 0 aliphatic heterocycles. The van der Waals surface area contributed by atoms with E-state index in [1.54, 1.807) is 0 Å². The summed E-state index contributed by atoms with van der Waals surface area (Å²) in [6.07, 6.45) is 2.32. The van der Waals surface area contributed by atoms with Gasteiger partial charge in [0.1, 0.15) is 0 Å².